The van der Waals surface area contributed by atoms with Crippen LogP contribution in [0.25, 0.3) is 6.08 Å². The van der Waals surface area contributed by atoms with Gasteiger partial charge in [-0.15, -0.1) is 0 Å². The van der Waals surface area contributed by atoms with E-state index in [1.165, 1.54) is 18.4 Å². The number of allylic oxidation sites excluding steroid dienone is 1. The molecule has 5 rings (SSSR count). The number of esters is 1. The Bertz CT molecular complexity index is 1620. The summed E-state index contributed by atoms with van der Waals surface area (Å²) >= 11 is 1.30. The summed E-state index contributed by atoms with van der Waals surface area (Å²) in [5.41, 5.74) is 3.42. The van der Waals surface area contributed by atoms with Crippen molar-refractivity contribution in [2.24, 2.45) is 4.99 Å². The van der Waals surface area contributed by atoms with Crippen molar-refractivity contribution < 1.29 is 14.3 Å². The van der Waals surface area contributed by atoms with Gasteiger partial charge in [0.2, 0.25) is 0 Å². The maximum absolute atomic E-state index is 13.6. The summed E-state index contributed by atoms with van der Waals surface area (Å²) in [4.78, 5) is 31.5. The predicted octanol–water partition coefficient (Wildman–Crippen LogP) is 3.99. The van der Waals surface area contributed by atoms with E-state index in [0.29, 0.717) is 33.0 Å². The number of benzene rings is 3. The Morgan fingerprint density at radius 1 is 1.03 bits per heavy atom. The minimum atomic E-state index is -0.613. The highest BCUT2D eigenvalue weighted by Crippen LogP contribution is 2.30. The van der Waals surface area contributed by atoms with E-state index in [2.05, 4.69) is 4.99 Å². The third-order valence-corrected chi connectivity index (χ3v) is 6.93. The fraction of sp³-hybridized carbons (Fsp3) is 0.138. The molecule has 1 aliphatic rings. The molecule has 4 aromatic rings. The summed E-state index contributed by atoms with van der Waals surface area (Å²) in [5, 5.41) is 0. The third-order valence-electron chi connectivity index (χ3n) is 5.95. The first-order valence-corrected chi connectivity index (χ1v) is 12.3. The van der Waals surface area contributed by atoms with Crippen molar-refractivity contribution in [3.63, 3.8) is 0 Å². The molecule has 3 aromatic carbocycles. The van der Waals surface area contributed by atoms with Gasteiger partial charge in [0.05, 0.1) is 29.0 Å². The number of thiazole rings is 1. The van der Waals surface area contributed by atoms with Crippen molar-refractivity contribution in [2.45, 2.75) is 19.6 Å². The van der Waals surface area contributed by atoms with Gasteiger partial charge in [0.1, 0.15) is 12.4 Å². The number of rotatable bonds is 6. The molecule has 0 unspecified atom stereocenters. The molecule has 0 saturated heterocycles. The van der Waals surface area contributed by atoms with Crippen LogP contribution in [-0.4, -0.2) is 17.6 Å². The van der Waals surface area contributed by atoms with Crippen molar-refractivity contribution >= 4 is 23.4 Å². The Hall–Kier alpha value is -4.23. The number of nitrogens with zero attached hydrogens (tertiary/aromatic N) is 2. The van der Waals surface area contributed by atoms with Crippen LogP contribution in [0.1, 0.15) is 29.7 Å². The number of carbonyl (C=O) groups is 1. The minimum absolute atomic E-state index is 0.211. The average molecular weight is 497 g/mol. The monoisotopic (exact) mass is 496 g/mol. The largest absolute Gasteiger partial charge is 0.489 e. The molecule has 0 aliphatic carbocycles. The van der Waals surface area contributed by atoms with E-state index in [4.69, 9.17) is 9.47 Å². The van der Waals surface area contributed by atoms with Gasteiger partial charge in [-0.25, -0.2) is 9.79 Å². The van der Waals surface area contributed by atoms with Gasteiger partial charge in [0.25, 0.3) is 5.56 Å². The number of hydrogen-bond donors (Lipinski definition) is 0. The molecule has 0 saturated carbocycles. The van der Waals surface area contributed by atoms with Gasteiger partial charge in [0, 0.05) is 0 Å². The fourth-order valence-electron chi connectivity index (χ4n) is 4.23. The number of ether oxygens (including phenoxy) is 2. The quantitative estimate of drug-likeness (QED) is 0.379. The maximum Gasteiger partial charge on any atom is 0.338 e. The van der Waals surface area contributed by atoms with Crippen LogP contribution in [-0.2, 0) is 16.1 Å². The molecule has 0 amide bonds. The summed E-state index contributed by atoms with van der Waals surface area (Å²) in [5.74, 6) is 0.217. The number of aromatic nitrogens is 1. The lowest BCUT2D eigenvalue weighted by Gasteiger charge is -2.24. The molecule has 1 atom stereocenters. The van der Waals surface area contributed by atoms with E-state index in [0.717, 1.165) is 16.7 Å². The standard InChI is InChI=1S/C29H24N2O4S/c1-19-25(28(33)34-2)26(22-13-7-4-8-14-22)31-27(32)24(36-29(31)30-19)17-21-12-9-15-23(16-21)35-18-20-10-5-3-6-11-20/h3-17,26H,18H2,1-2H3/b24-17-/t26-/m0/s1. The van der Waals surface area contributed by atoms with Crippen molar-refractivity contribution in [2.75, 3.05) is 7.11 Å². The molecular formula is C29H24N2O4S. The lowest BCUT2D eigenvalue weighted by Crippen LogP contribution is -2.39. The molecule has 0 bridgehead atoms. The molecule has 7 heteroatoms. The van der Waals surface area contributed by atoms with Gasteiger partial charge in [-0.1, -0.05) is 84.1 Å². The maximum atomic E-state index is 13.6. The molecule has 0 N–H and O–H groups in total. The summed E-state index contributed by atoms with van der Waals surface area (Å²) in [6.07, 6.45) is 1.83. The number of hydrogen-bond acceptors (Lipinski definition) is 6. The zero-order valence-corrected chi connectivity index (χ0v) is 20.7. The second-order valence-electron chi connectivity index (χ2n) is 8.33. The summed E-state index contributed by atoms with van der Waals surface area (Å²) in [6, 6.07) is 26.4. The molecule has 2 heterocycles. The topological polar surface area (TPSA) is 69.9 Å². The number of carbonyl (C=O) groups excluding carboxylic acids is 1. The Morgan fingerprint density at radius 2 is 1.75 bits per heavy atom. The van der Waals surface area contributed by atoms with Gasteiger partial charge in [-0.05, 0) is 41.8 Å². The van der Waals surface area contributed by atoms with Crippen molar-refractivity contribution in [3.05, 3.63) is 133 Å². The van der Waals surface area contributed by atoms with Gasteiger partial charge < -0.3 is 9.47 Å². The van der Waals surface area contributed by atoms with Crippen molar-refractivity contribution in [1.29, 1.82) is 0 Å². The third kappa shape index (κ3) is 4.65. The lowest BCUT2D eigenvalue weighted by atomic mass is 9.96. The predicted molar refractivity (Wildman–Crippen MR) is 139 cm³/mol. The number of fused-ring (bicyclic) bond motifs is 1. The SMILES string of the molecule is COC(=O)C1=C(C)N=c2s/c(=C\c3cccc(OCc4ccccc4)c3)c(=O)n2[C@H]1c1ccccc1. The molecule has 180 valence electrons. The van der Waals surface area contributed by atoms with Crippen LogP contribution in [0.15, 0.2) is 106 Å². The number of methoxy groups -OCH3 is 1. The van der Waals surface area contributed by atoms with Crippen molar-refractivity contribution in [3.8, 4) is 5.75 Å². The summed E-state index contributed by atoms with van der Waals surface area (Å²) in [6.45, 7) is 2.23. The molecule has 36 heavy (non-hydrogen) atoms. The van der Waals surface area contributed by atoms with Crippen LogP contribution in [0.2, 0.25) is 0 Å². The average Bonchev–Trinajstić information content (AvgIpc) is 3.21. The Morgan fingerprint density at radius 3 is 2.47 bits per heavy atom. The molecule has 0 fully saturated rings. The Kier molecular flexibility index (Phi) is 6.64. The van der Waals surface area contributed by atoms with Gasteiger partial charge in [-0.3, -0.25) is 9.36 Å². The Labute approximate surface area is 212 Å². The highest BCUT2D eigenvalue weighted by atomic mass is 32.1. The first-order valence-electron chi connectivity index (χ1n) is 11.5. The van der Waals surface area contributed by atoms with E-state index in [1.807, 2.05) is 91.0 Å². The molecule has 1 aliphatic heterocycles. The van der Waals surface area contributed by atoms with Gasteiger partial charge in [0.15, 0.2) is 4.80 Å². The van der Waals surface area contributed by atoms with Crippen molar-refractivity contribution in [1.82, 2.24) is 4.57 Å². The van der Waals surface area contributed by atoms with E-state index in [-0.39, 0.29) is 5.56 Å². The lowest BCUT2D eigenvalue weighted by molar-refractivity contribution is -0.136. The smallest absolute Gasteiger partial charge is 0.338 e. The molecule has 0 radical (unpaired) electrons. The van der Waals surface area contributed by atoms with Crippen LogP contribution in [0, 0.1) is 0 Å². The first kappa shape index (κ1) is 23.5. The zero-order chi connectivity index (χ0) is 25.1. The van der Waals surface area contributed by atoms with E-state index >= 15 is 0 Å². The summed E-state index contributed by atoms with van der Waals surface area (Å²) < 4.78 is 13.1. The van der Waals surface area contributed by atoms with Crippen LogP contribution < -0.4 is 19.6 Å². The second-order valence-corrected chi connectivity index (χ2v) is 9.34. The second kappa shape index (κ2) is 10.2. The van der Waals surface area contributed by atoms with Crippen LogP contribution in [0.4, 0.5) is 0 Å². The molecule has 0 spiro atoms. The molecule has 6 nitrogen and oxygen atoms in total. The molecule has 1 aromatic heterocycles. The van der Waals surface area contributed by atoms with E-state index in [1.54, 1.807) is 11.5 Å². The fourth-order valence-corrected chi connectivity index (χ4v) is 5.28. The highest BCUT2D eigenvalue weighted by Gasteiger charge is 2.32. The van der Waals surface area contributed by atoms with Gasteiger partial charge in [-0.2, -0.15) is 0 Å². The van der Waals surface area contributed by atoms with E-state index in [9.17, 15) is 9.59 Å². The zero-order valence-electron chi connectivity index (χ0n) is 19.9. The minimum Gasteiger partial charge on any atom is -0.489 e. The van der Waals surface area contributed by atoms with Crippen LogP contribution in [0.3, 0.4) is 0 Å². The van der Waals surface area contributed by atoms with Gasteiger partial charge >= 0.3 is 5.97 Å². The molecular weight excluding hydrogens is 472 g/mol. The highest BCUT2D eigenvalue weighted by molar-refractivity contribution is 7.07. The van der Waals surface area contributed by atoms with E-state index < -0.39 is 12.0 Å². The Balaban J connectivity index is 1.55. The normalized spacial score (nSPS) is 15.3. The van der Waals surface area contributed by atoms with Crippen LogP contribution >= 0.6 is 11.3 Å². The summed E-state index contributed by atoms with van der Waals surface area (Å²) in [7, 11) is 1.34. The van der Waals surface area contributed by atoms with Crippen LogP contribution in [0.5, 0.6) is 5.75 Å². The first-order chi connectivity index (χ1) is 17.5.